The summed E-state index contributed by atoms with van der Waals surface area (Å²) in [6.07, 6.45) is 2.25. The van der Waals surface area contributed by atoms with Gasteiger partial charge < -0.3 is 11.1 Å². The quantitative estimate of drug-likeness (QED) is 0.686. The van der Waals surface area contributed by atoms with Crippen molar-refractivity contribution >= 4 is 17.3 Å². The van der Waals surface area contributed by atoms with Crippen LogP contribution in [0.1, 0.15) is 18.4 Å². The highest BCUT2D eigenvalue weighted by atomic mass is 35.5. The number of nitrogens with one attached hydrogen (secondary N) is 1. The van der Waals surface area contributed by atoms with E-state index in [9.17, 15) is 0 Å². The van der Waals surface area contributed by atoms with Crippen LogP contribution in [0.15, 0.2) is 18.2 Å². The van der Waals surface area contributed by atoms with Crippen LogP contribution in [0.5, 0.6) is 0 Å². The number of halogens is 1. The second kappa shape index (κ2) is 2.65. The molecule has 1 aliphatic carbocycles. The third-order valence-corrected chi connectivity index (χ3v) is 3.77. The monoisotopic (exact) mass is 208 g/mol. The van der Waals surface area contributed by atoms with E-state index in [0.29, 0.717) is 6.04 Å². The van der Waals surface area contributed by atoms with Crippen molar-refractivity contribution in [2.75, 3.05) is 11.9 Å². The number of hydrogen-bond donors (Lipinski definition) is 2. The molecule has 0 radical (unpaired) electrons. The van der Waals surface area contributed by atoms with Crippen molar-refractivity contribution in [3.63, 3.8) is 0 Å². The third-order valence-electron chi connectivity index (χ3n) is 3.54. The van der Waals surface area contributed by atoms with Gasteiger partial charge in [-0.05, 0) is 36.6 Å². The van der Waals surface area contributed by atoms with Crippen molar-refractivity contribution in [1.82, 2.24) is 0 Å². The number of nitrogens with two attached hydrogens (primary N) is 1. The molecule has 3 N–H and O–H groups in total. The smallest absolute Gasteiger partial charge is 0.0410 e. The molecule has 0 saturated heterocycles. The zero-order chi connectivity index (χ0) is 9.76. The molecule has 3 rings (SSSR count). The molecule has 2 aliphatic rings. The molecule has 14 heavy (non-hydrogen) atoms. The van der Waals surface area contributed by atoms with Gasteiger partial charge in [0.15, 0.2) is 0 Å². The fourth-order valence-corrected chi connectivity index (χ4v) is 2.74. The summed E-state index contributed by atoms with van der Waals surface area (Å²) in [7, 11) is 0. The average Bonchev–Trinajstić information content (AvgIpc) is 2.80. The maximum absolute atomic E-state index is 6.03. The van der Waals surface area contributed by atoms with Crippen molar-refractivity contribution in [2.45, 2.75) is 24.3 Å². The van der Waals surface area contributed by atoms with Crippen molar-refractivity contribution in [2.24, 2.45) is 5.73 Å². The van der Waals surface area contributed by atoms with Crippen LogP contribution in [0.3, 0.4) is 0 Å². The fraction of sp³-hybridized carbons (Fsp3) is 0.455. The Labute approximate surface area is 88.4 Å². The van der Waals surface area contributed by atoms with E-state index < -0.39 is 0 Å². The lowest BCUT2D eigenvalue weighted by Crippen LogP contribution is -2.27. The lowest BCUT2D eigenvalue weighted by molar-refractivity contribution is 0.598. The molecule has 1 saturated carbocycles. The van der Waals surface area contributed by atoms with Crippen molar-refractivity contribution in [1.29, 1.82) is 0 Å². The Kier molecular flexibility index (Phi) is 1.62. The molecule has 2 atom stereocenters. The van der Waals surface area contributed by atoms with Gasteiger partial charge in [-0.1, -0.05) is 11.6 Å². The van der Waals surface area contributed by atoms with E-state index in [0.717, 1.165) is 24.4 Å². The first-order chi connectivity index (χ1) is 6.72. The SMILES string of the molecule is NC1CC12CCNc1ccc(Cl)cc12. The van der Waals surface area contributed by atoms with E-state index in [1.54, 1.807) is 0 Å². The zero-order valence-corrected chi connectivity index (χ0v) is 8.64. The second-order valence-corrected chi connectivity index (χ2v) is 4.77. The van der Waals surface area contributed by atoms with Crippen molar-refractivity contribution in [3.05, 3.63) is 28.8 Å². The molecular formula is C11H13ClN2. The summed E-state index contributed by atoms with van der Waals surface area (Å²) in [5, 5.41) is 4.20. The number of hydrogen-bond acceptors (Lipinski definition) is 2. The molecule has 1 heterocycles. The Morgan fingerprint density at radius 3 is 3.00 bits per heavy atom. The molecule has 0 aromatic heterocycles. The summed E-state index contributed by atoms with van der Waals surface area (Å²) < 4.78 is 0. The Morgan fingerprint density at radius 1 is 1.50 bits per heavy atom. The summed E-state index contributed by atoms with van der Waals surface area (Å²) in [6, 6.07) is 6.39. The Morgan fingerprint density at radius 2 is 2.29 bits per heavy atom. The minimum absolute atomic E-state index is 0.242. The van der Waals surface area contributed by atoms with Crippen molar-refractivity contribution < 1.29 is 0 Å². The average molecular weight is 209 g/mol. The highest BCUT2D eigenvalue weighted by molar-refractivity contribution is 6.30. The first-order valence-electron chi connectivity index (χ1n) is 5.02. The summed E-state index contributed by atoms with van der Waals surface area (Å²) in [6.45, 7) is 1.03. The van der Waals surface area contributed by atoms with Gasteiger partial charge in [0.2, 0.25) is 0 Å². The summed E-state index contributed by atoms with van der Waals surface area (Å²) in [4.78, 5) is 0. The van der Waals surface area contributed by atoms with Gasteiger partial charge in [-0.15, -0.1) is 0 Å². The molecule has 1 aliphatic heterocycles. The maximum Gasteiger partial charge on any atom is 0.0410 e. The van der Waals surface area contributed by atoms with Gasteiger partial charge in [0.1, 0.15) is 0 Å². The predicted octanol–water partition coefficient (Wildman–Crippen LogP) is 2.12. The number of rotatable bonds is 0. The number of benzene rings is 1. The van der Waals surface area contributed by atoms with Crippen LogP contribution >= 0.6 is 11.6 Å². The van der Waals surface area contributed by atoms with Crippen LogP contribution < -0.4 is 11.1 Å². The number of fused-ring (bicyclic) bond motifs is 2. The molecule has 0 amide bonds. The first-order valence-corrected chi connectivity index (χ1v) is 5.40. The molecule has 1 aromatic rings. The van der Waals surface area contributed by atoms with Gasteiger partial charge in [-0.2, -0.15) is 0 Å². The summed E-state index contributed by atoms with van der Waals surface area (Å²) >= 11 is 6.01. The highest BCUT2D eigenvalue weighted by Gasteiger charge is 2.54. The lowest BCUT2D eigenvalue weighted by atomic mass is 9.87. The van der Waals surface area contributed by atoms with E-state index in [1.807, 2.05) is 6.07 Å². The van der Waals surface area contributed by atoms with Gasteiger partial charge in [0.05, 0.1) is 0 Å². The molecule has 74 valence electrons. The standard InChI is InChI=1S/C11H13ClN2/c12-7-1-2-9-8(5-7)11(3-4-14-9)6-10(11)13/h1-2,5,10,14H,3-4,6,13H2. The second-order valence-electron chi connectivity index (χ2n) is 4.33. The van der Waals surface area contributed by atoms with Crippen molar-refractivity contribution in [3.8, 4) is 0 Å². The molecule has 3 heteroatoms. The van der Waals surface area contributed by atoms with Crippen LogP contribution in [0.4, 0.5) is 5.69 Å². The Balaban J connectivity index is 2.14. The minimum Gasteiger partial charge on any atom is -0.385 e. The van der Waals surface area contributed by atoms with Crippen LogP contribution in [0.2, 0.25) is 5.02 Å². The Bertz CT molecular complexity index is 391. The van der Waals surface area contributed by atoms with E-state index in [2.05, 4.69) is 17.4 Å². The lowest BCUT2D eigenvalue weighted by Gasteiger charge is -2.27. The maximum atomic E-state index is 6.03. The molecule has 2 unspecified atom stereocenters. The van der Waals surface area contributed by atoms with Gasteiger partial charge in [0.25, 0.3) is 0 Å². The molecule has 1 fully saturated rings. The van der Waals surface area contributed by atoms with Gasteiger partial charge in [-0.3, -0.25) is 0 Å². The van der Waals surface area contributed by atoms with Crippen LogP contribution in [-0.4, -0.2) is 12.6 Å². The summed E-state index contributed by atoms with van der Waals surface area (Å²) in [5.74, 6) is 0. The Hall–Kier alpha value is -0.730. The van der Waals surface area contributed by atoms with Crippen LogP contribution in [0.25, 0.3) is 0 Å². The van der Waals surface area contributed by atoms with E-state index in [1.165, 1.54) is 11.3 Å². The number of anilines is 1. The molecule has 1 spiro atoms. The van der Waals surface area contributed by atoms with Crippen LogP contribution in [0, 0.1) is 0 Å². The van der Waals surface area contributed by atoms with Gasteiger partial charge >= 0.3 is 0 Å². The molecule has 1 aromatic carbocycles. The van der Waals surface area contributed by atoms with Gasteiger partial charge in [-0.25, -0.2) is 0 Å². The van der Waals surface area contributed by atoms with E-state index >= 15 is 0 Å². The van der Waals surface area contributed by atoms with E-state index in [4.69, 9.17) is 17.3 Å². The topological polar surface area (TPSA) is 38.0 Å². The third kappa shape index (κ3) is 1.01. The van der Waals surface area contributed by atoms with Gasteiger partial charge in [0, 0.05) is 28.7 Å². The minimum atomic E-state index is 0.242. The largest absolute Gasteiger partial charge is 0.385 e. The molecular weight excluding hydrogens is 196 g/mol. The fourth-order valence-electron chi connectivity index (χ4n) is 2.57. The first kappa shape index (κ1) is 8.57. The summed E-state index contributed by atoms with van der Waals surface area (Å²) in [5.41, 5.74) is 8.81. The normalized spacial score (nSPS) is 33.7. The predicted molar refractivity (Wildman–Crippen MR) is 58.8 cm³/mol. The van der Waals surface area contributed by atoms with Crippen LogP contribution in [-0.2, 0) is 5.41 Å². The molecule has 2 nitrogen and oxygen atoms in total. The zero-order valence-electron chi connectivity index (χ0n) is 7.89. The highest BCUT2D eigenvalue weighted by Crippen LogP contribution is 2.54. The van der Waals surface area contributed by atoms with E-state index in [-0.39, 0.29) is 5.41 Å². The molecule has 0 bridgehead atoms.